The van der Waals surface area contributed by atoms with Crippen molar-refractivity contribution in [1.29, 1.82) is 0 Å². The van der Waals surface area contributed by atoms with Gasteiger partial charge < -0.3 is 9.47 Å². The van der Waals surface area contributed by atoms with Crippen LogP contribution in [0.15, 0.2) is 54.6 Å². The largest absolute Gasteiger partial charge is 0.330 e. The monoisotopic (exact) mass is 362 g/mol. The number of nitrogens with zero attached hydrogens (tertiary/aromatic N) is 4. The first-order chi connectivity index (χ1) is 13.2. The van der Waals surface area contributed by atoms with Crippen molar-refractivity contribution >= 4 is 11.0 Å². The van der Waals surface area contributed by atoms with Crippen LogP contribution in [0.1, 0.15) is 24.2 Å². The lowest BCUT2D eigenvalue weighted by atomic mass is 10.0. The molecule has 0 amide bonds. The summed E-state index contributed by atoms with van der Waals surface area (Å²) in [6, 6.07) is 19.8. The lowest BCUT2D eigenvalue weighted by molar-refractivity contribution is 0.110. The van der Waals surface area contributed by atoms with Crippen LogP contribution in [0, 0.1) is 0 Å². The number of hydrogen-bond donors (Lipinski definition) is 0. The number of aryl methyl sites for hydroxylation is 1. The van der Waals surface area contributed by atoms with Gasteiger partial charge in [0.25, 0.3) is 0 Å². The van der Waals surface area contributed by atoms with Gasteiger partial charge >= 0.3 is 0 Å². The fourth-order valence-corrected chi connectivity index (χ4v) is 4.21. The second-order valence-electron chi connectivity index (χ2n) is 7.82. The maximum atomic E-state index is 4.85. The maximum absolute atomic E-state index is 4.85. The summed E-state index contributed by atoms with van der Waals surface area (Å²) in [6.07, 6.45) is 3.71. The molecule has 4 heteroatoms. The molecule has 1 aliphatic rings. The van der Waals surface area contributed by atoms with Gasteiger partial charge in [-0.15, -0.1) is 0 Å². The van der Waals surface area contributed by atoms with E-state index in [4.69, 9.17) is 4.98 Å². The van der Waals surface area contributed by atoms with Gasteiger partial charge in [-0.3, -0.25) is 4.90 Å². The molecule has 2 heterocycles. The summed E-state index contributed by atoms with van der Waals surface area (Å²) in [5.41, 5.74) is 3.75. The van der Waals surface area contributed by atoms with Crippen molar-refractivity contribution in [3.05, 3.63) is 66.0 Å². The second-order valence-corrected chi connectivity index (χ2v) is 7.82. The third kappa shape index (κ3) is 4.23. The highest BCUT2D eigenvalue weighted by Gasteiger charge is 2.24. The van der Waals surface area contributed by atoms with E-state index in [1.54, 1.807) is 0 Å². The van der Waals surface area contributed by atoms with E-state index < -0.39 is 0 Å². The van der Waals surface area contributed by atoms with Gasteiger partial charge in [0.1, 0.15) is 5.82 Å². The maximum Gasteiger partial charge on any atom is 0.123 e. The summed E-state index contributed by atoms with van der Waals surface area (Å²) < 4.78 is 2.24. The molecule has 0 saturated carbocycles. The van der Waals surface area contributed by atoms with Crippen molar-refractivity contribution in [2.45, 2.75) is 31.8 Å². The van der Waals surface area contributed by atoms with Gasteiger partial charge in [-0.1, -0.05) is 42.5 Å². The van der Waals surface area contributed by atoms with E-state index in [-0.39, 0.29) is 0 Å². The Hall–Kier alpha value is -2.17. The lowest BCUT2D eigenvalue weighted by Gasteiger charge is -2.37. The number of hydrogen-bond acceptors (Lipinski definition) is 3. The minimum absolute atomic E-state index is 0.606. The Kier molecular flexibility index (Phi) is 5.55. The van der Waals surface area contributed by atoms with Crippen LogP contribution in [0.2, 0.25) is 0 Å². The molecule has 142 valence electrons. The zero-order chi connectivity index (χ0) is 18.6. The predicted octanol–water partition coefficient (Wildman–Crippen LogP) is 3.71. The van der Waals surface area contributed by atoms with E-state index in [2.05, 4.69) is 83.1 Å². The van der Waals surface area contributed by atoms with Crippen molar-refractivity contribution in [3.63, 3.8) is 0 Å². The average Bonchev–Trinajstić information content (AvgIpc) is 3.03. The molecule has 1 saturated heterocycles. The minimum atomic E-state index is 0.606. The zero-order valence-corrected chi connectivity index (χ0v) is 16.5. The summed E-state index contributed by atoms with van der Waals surface area (Å²) in [5, 5.41) is 0. The fourth-order valence-electron chi connectivity index (χ4n) is 4.21. The summed E-state index contributed by atoms with van der Waals surface area (Å²) in [5.74, 6) is 1.15. The van der Waals surface area contributed by atoms with E-state index in [9.17, 15) is 0 Å². The smallest absolute Gasteiger partial charge is 0.123 e. The molecule has 1 atom stereocenters. The predicted molar refractivity (Wildman–Crippen MR) is 112 cm³/mol. The number of fused-ring (bicyclic) bond motifs is 1. The van der Waals surface area contributed by atoms with Crippen molar-refractivity contribution in [2.24, 2.45) is 7.05 Å². The molecule has 3 aromatic rings. The van der Waals surface area contributed by atoms with Gasteiger partial charge in [0.15, 0.2) is 0 Å². The number of imidazole rings is 1. The highest BCUT2D eigenvalue weighted by Crippen LogP contribution is 2.19. The van der Waals surface area contributed by atoms with Gasteiger partial charge in [0.05, 0.1) is 17.6 Å². The molecule has 0 spiro atoms. The second kappa shape index (κ2) is 8.24. The number of piperidine rings is 1. The summed E-state index contributed by atoms with van der Waals surface area (Å²) in [4.78, 5) is 9.98. The molecule has 1 fully saturated rings. The van der Waals surface area contributed by atoms with Crippen molar-refractivity contribution in [1.82, 2.24) is 19.4 Å². The van der Waals surface area contributed by atoms with Crippen LogP contribution >= 0.6 is 0 Å². The Balaban J connectivity index is 1.36. The molecule has 0 unspecified atom stereocenters. The topological polar surface area (TPSA) is 24.3 Å². The highest BCUT2D eigenvalue weighted by atomic mass is 15.2. The number of rotatable bonds is 6. The van der Waals surface area contributed by atoms with Crippen LogP contribution < -0.4 is 0 Å². The van der Waals surface area contributed by atoms with Gasteiger partial charge in [-0.2, -0.15) is 0 Å². The first-order valence-electron chi connectivity index (χ1n) is 10.1. The Morgan fingerprint density at radius 3 is 2.67 bits per heavy atom. The number of likely N-dealkylation sites (tertiary alicyclic amines) is 1. The lowest BCUT2D eigenvalue weighted by Crippen LogP contribution is -2.46. The molecule has 4 nitrogen and oxygen atoms in total. The summed E-state index contributed by atoms with van der Waals surface area (Å²) in [6.45, 7) is 4.44. The van der Waals surface area contributed by atoms with Crippen molar-refractivity contribution < 1.29 is 0 Å². The van der Waals surface area contributed by atoms with Crippen LogP contribution in [0.4, 0.5) is 0 Å². The van der Waals surface area contributed by atoms with Crippen molar-refractivity contribution in [3.8, 4) is 0 Å². The van der Waals surface area contributed by atoms with E-state index in [0.717, 1.165) is 37.4 Å². The zero-order valence-electron chi connectivity index (χ0n) is 16.5. The van der Waals surface area contributed by atoms with Crippen LogP contribution in [-0.4, -0.2) is 52.1 Å². The molecule has 0 aliphatic carbocycles. The van der Waals surface area contributed by atoms with Crippen LogP contribution in [0.5, 0.6) is 0 Å². The van der Waals surface area contributed by atoms with Crippen LogP contribution in [-0.2, 0) is 20.0 Å². The Labute approximate surface area is 162 Å². The van der Waals surface area contributed by atoms with E-state index in [1.165, 1.54) is 30.5 Å². The third-order valence-corrected chi connectivity index (χ3v) is 5.93. The van der Waals surface area contributed by atoms with Gasteiger partial charge in [0.2, 0.25) is 0 Å². The minimum Gasteiger partial charge on any atom is -0.330 e. The Morgan fingerprint density at radius 2 is 1.85 bits per heavy atom. The molecule has 27 heavy (non-hydrogen) atoms. The fraction of sp³-hybridized carbons (Fsp3) is 0.435. The first-order valence-corrected chi connectivity index (χ1v) is 10.1. The molecule has 1 aromatic heterocycles. The third-order valence-electron chi connectivity index (χ3n) is 5.93. The summed E-state index contributed by atoms with van der Waals surface area (Å²) >= 11 is 0. The molecule has 4 rings (SSSR count). The number of para-hydroxylation sites is 2. The Bertz CT molecular complexity index is 870. The normalized spacial score (nSPS) is 18.4. The molecular formula is C23H30N4. The van der Waals surface area contributed by atoms with E-state index >= 15 is 0 Å². The Morgan fingerprint density at radius 1 is 1.07 bits per heavy atom. The summed E-state index contributed by atoms with van der Waals surface area (Å²) in [7, 11) is 4.39. The number of aromatic nitrogens is 2. The van der Waals surface area contributed by atoms with Gasteiger partial charge in [-0.05, 0) is 50.6 Å². The first kappa shape index (κ1) is 18.2. The van der Waals surface area contributed by atoms with Crippen LogP contribution in [0.3, 0.4) is 0 Å². The van der Waals surface area contributed by atoms with Gasteiger partial charge in [0, 0.05) is 26.2 Å². The van der Waals surface area contributed by atoms with E-state index in [0.29, 0.717) is 6.04 Å². The quantitative estimate of drug-likeness (QED) is 0.668. The SMILES string of the molecule is CN(Cc1nc2ccccc2n1C)[C@H]1CCCN(CCc2ccccc2)C1. The molecular weight excluding hydrogens is 332 g/mol. The van der Waals surface area contributed by atoms with E-state index in [1.807, 2.05) is 0 Å². The highest BCUT2D eigenvalue weighted by molar-refractivity contribution is 5.75. The molecule has 0 bridgehead atoms. The molecule has 0 radical (unpaired) electrons. The average molecular weight is 363 g/mol. The molecule has 2 aromatic carbocycles. The standard InChI is InChI=1S/C23H30N4/c1-25(18-23-24-21-12-6-7-13-22(21)26(23)2)20-11-8-15-27(17-20)16-14-19-9-4-3-5-10-19/h3-7,9-10,12-13,20H,8,11,14-18H2,1-2H3/t20-/m0/s1. The number of likely N-dealkylation sites (N-methyl/N-ethyl adjacent to an activating group) is 1. The van der Waals surface area contributed by atoms with Crippen LogP contribution in [0.25, 0.3) is 11.0 Å². The molecule has 1 aliphatic heterocycles. The van der Waals surface area contributed by atoms with Gasteiger partial charge in [-0.25, -0.2) is 4.98 Å². The number of benzene rings is 2. The van der Waals surface area contributed by atoms with Crippen molar-refractivity contribution in [2.75, 3.05) is 26.7 Å². The molecule has 0 N–H and O–H groups in total.